The fourth-order valence-electron chi connectivity index (χ4n) is 2.21. The zero-order valence-electron chi connectivity index (χ0n) is 12.8. The molecule has 120 valence electrons. The lowest BCUT2D eigenvalue weighted by Crippen LogP contribution is -2.14. The molecule has 1 heterocycles. The molecule has 0 unspecified atom stereocenters. The van der Waals surface area contributed by atoms with Crippen molar-refractivity contribution in [1.29, 1.82) is 0 Å². The van der Waals surface area contributed by atoms with Crippen LogP contribution in [0, 0.1) is 0 Å². The molecule has 1 aromatic heterocycles. The highest BCUT2D eigenvalue weighted by Gasteiger charge is 2.10. The van der Waals surface area contributed by atoms with Gasteiger partial charge in [0.05, 0.1) is 18.3 Å². The molecule has 0 radical (unpaired) electrons. The zero-order valence-corrected chi connectivity index (χ0v) is 12.8. The van der Waals surface area contributed by atoms with E-state index in [1.54, 1.807) is 36.7 Å². The van der Waals surface area contributed by atoms with E-state index < -0.39 is 0 Å². The molecule has 0 aliphatic carbocycles. The van der Waals surface area contributed by atoms with Crippen molar-refractivity contribution in [2.75, 3.05) is 5.32 Å². The summed E-state index contributed by atoms with van der Waals surface area (Å²) < 4.78 is 5.72. The van der Waals surface area contributed by atoms with Crippen molar-refractivity contribution in [1.82, 2.24) is 4.98 Å². The average Bonchev–Trinajstić information content (AvgIpc) is 2.60. The van der Waals surface area contributed by atoms with Crippen LogP contribution in [-0.2, 0) is 11.2 Å². The fourth-order valence-corrected chi connectivity index (χ4v) is 2.21. The number of phenolic OH excluding ortho intramolecular Hbond substituents is 1. The van der Waals surface area contributed by atoms with Gasteiger partial charge >= 0.3 is 0 Å². The number of carbonyl (C=O) groups is 1. The highest BCUT2D eigenvalue weighted by atomic mass is 16.5. The number of anilines is 1. The van der Waals surface area contributed by atoms with E-state index in [0.29, 0.717) is 22.7 Å². The second-order valence-electron chi connectivity index (χ2n) is 5.17. The Kier molecular flexibility index (Phi) is 4.72. The lowest BCUT2D eigenvalue weighted by molar-refractivity contribution is -0.115. The quantitative estimate of drug-likeness (QED) is 0.751. The normalized spacial score (nSPS) is 10.2. The molecule has 0 bridgehead atoms. The molecule has 24 heavy (non-hydrogen) atoms. The number of rotatable bonds is 5. The number of pyridine rings is 1. The van der Waals surface area contributed by atoms with E-state index in [0.717, 1.165) is 0 Å². The van der Waals surface area contributed by atoms with Crippen molar-refractivity contribution < 1.29 is 14.6 Å². The lowest BCUT2D eigenvalue weighted by atomic mass is 10.1. The third-order valence-corrected chi connectivity index (χ3v) is 3.33. The van der Waals surface area contributed by atoms with Gasteiger partial charge in [0.2, 0.25) is 5.91 Å². The van der Waals surface area contributed by atoms with Crippen molar-refractivity contribution in [3.05, 3.63) is 78.6 Å². The number of amides is 1. The van der Waals surface area contributed by atoms with E-state index in [9.17, 15) is 9.90 Å². The largest absolute Gasteiger partial charge is 0.508 e. The fraction of sp³-hybridized carbons (Fsp3) is 0.0526. The predicted octanol–water partition coefficient (Wildman–Crippen LogP) is 3.76. The minimum Gasteiger partial charge on any atom is -0.508 e. The number of benzene rings is 2. The monoisotopic (exact) mass is 320 g/mol. The van der Waals surface area contributed by atoms with Gasteiger partial charge in [0.1, 0.15) is 17.2 Å². The number of nitrogens with one attached hydrogen (secondary N) is 1. The maximum absolute atomic E-state index is 12.1. The van der Waals surface area contributed by atoms with Gasteiger partial charge in [0, 0.05) is 11.8 Å². The Morgan fingerprint density at radius 3 is 2.62 bits per heavy atom. The Balaban J connectivity index is 1.71. The topological polar surface area (TPSA) is 71.5 Å². The summed E-state index contributed by atoms with van der Waals surface area (Å²) in [5.41, 5.74) is 1.10. The summed E-state index contributed by atoms with van der Waals surface area (Å²) in [6, 6.07) is 17.6. The molecule has 2 aromatic carbocycles. The molecule has 1 amide bonds. The minimum atomic E-state index is -0.241. The van der Waals surface area contributed by atoms with Crippen LogP contribution in [-0.4, -0.2) is 16.0 Å². The molecular formula is C19H16N2O3. The van der Waals surface area contributed by atoms with Crippen molar-refractivity contribution in [3.8, 4) is 17.2 Å². The van der Waals surface area contributed by atoms with Crippen LogP contribution in [0.1, 0.15) is 5.56 Å². The molecule has 0 saturated heterocycles. The smallest absolute Gasteiger partial charge is 0.228 e. The first-order valence-corrected chi connectivity index (χ1v) is 7.45. The first kappa shape index (κ1) is 15.6. The maximum atomic E-state index is 12.1. The van der Waals surface area contributed by atoms with Gasteiger partial charge < -0.3 is 15.2 Å². The van der Waals surface area contributed by atoms with Crippen LogP contribution in [0.15, 0.2) is 73.1 Å². The standard InChI is InChI=1S/C19H16N2O3/c22-18-9-8-17(24-16-6-2-1-3-7-16)11-14(18)12-19(23)21-15-5-4-10-20-13-15/h1-11,13,22H,12H2,(H,21,23). The van der Waals surface area contributed by atoms with Crippen LogP contribution in [0.2, 0.25) is 0 Å². The van der Waals surface area contributed by atoms with Gasteiger partial charge in [-0.2, -0.15) is 0 Å². The maximum Gasteiger partial charge on any atom is 0.228 e. The van der Waals surface area contributed by atoms with Crippen LogP contribution in [0.25, 0.3) is 0 Å². The van der Waals surface area contributed by atoms with E-state index >= 15 is 0 Å². The molecule has 3 rings (SSSR count). The van der Waals surface area contributed by atoms with Crippen LogP contribution >= 0.6 is 0 Å². The number of nitrogens with zero attached hydrogens (tertiary/aromatic N) is 1. The van der Waals surface area contributed by atoms with Crippen molar-refractivity contribution in [2.24, 2.45) is 0 Å². The zero-order chi connectivity index (χ0) is 16.8. The molecule has 0 aliphatic rings. The summed E-state index contributed by atoms with van der Waals surface area (Å²) in [4.78, 5) is 16.1. The first-order valence-electron chi connectivity index (χ1n) is 7.45. The Hall–Kier alpha value is -3.34. The molecule has 0 atom stereocenters. The van der Waals surface area contributed by atoms with Gasteiger partial charge in [-0.3, -0.25) is 9.78 Å². The number of phenols is 1. The number of hydrogen-bond donors (Lipinski definition) is 2. The van der Waals surface area contributed by atoms with Crippen LogP contribution in [0.4, 0.5) is 5.69 Å². The number of carbonyl (C=O) groups excluding carboxylic acids is 1. The van der Waals surface area contributed by atoms with Crippen molar-refractivity contribution >= 4 is 11.6 Å². The average molecular weight is 320 g/mol. The third-order valence-electron chi connectivity index (χ3n) is 3.33. The van der Waals surface area contributed by atoms with Crippen LogP contribution in [0.5, 0.6) is 17.2 Å². The van der Waals surface area contributed by atoms with Gasteiger partial charge in [-0.15, -0.1) is 0 Å². The van der Waals surface area contributed by atoms with E-state index in [4.69, 9.17) is 4.74 Å². The van der Waals surface area contributed by atoms with Crippen molar-refractivity contribution in [2.45, 2.75) is 6.42 Å². The number of ether oxygens (including phenoxy) is 1. The highest BCUT2D eigenvalue weighted by Crippen LogP contribution is 2.27. The molecule has 5 nitrogen and oxygen atoms in total. The second kappa shape index (κ2) is 7.28. The number of aromatic hydroxyl groups is 1. The minimum absolute atomic E-state index is 0.0344. The molecular weight excluding hydrogens is 304 g/mol. The molecule has 2 N–H and O–H groups in total. The Labute approximate surface area is 139 Å². The Morgan fingerprint density at radius 2 is 1.88 bits per heavy atom. The summed E-state index contributed by atoms with van der Waals surface area (Å²) >= 11 is 0. The molecule has 0 spiro atoms. The number of hydrogen-bond acceptors (Lipinski definition) is 4. The van der Waals surface area contributed by atoms with Gasteiger partial charge in [-0.05, 0) is 42.5 Å². The number of para-hydroxylation sites is 1. The second-order valence-corrected chi connectivity index (χ2v) is 5.17. The van der Waals surface area contributed by atoms with E-state index in [1.165, 1.54) is 6.07 Å². The van der Waals surface area contributed by atoms with Gasteiger partial charge in [-0.25, -0.2) is 0 Å². The summed E-state index contributed by atoms with van der Waals surface area (Å²) in [7, 11) is 0. The van der Waals surface area contributed by atoms with E-state index in [1.807, 2.05) is 30.3 Å². The van der Waals surface area contributed by atoms with E-state index in [2.05, 4.69) is 10.3 Å². The van der Waals surface area contributed by atoms with Crippen LogP contribution < -0.4 is 10.1 Å². The SMILES string of the molecule is O=C(Cc1cc(Oc2ccccc2)ccc1O)Nc1cccnc1. The van der Waals surface area contributed by atoms with Gasteiger partial charge in [0.15, 0.2) is 0 Å². The molecule has 0 fully saturated rings. The summed E-state index contributed by atoms with van der Waals surface area (Å²) in [6.45, 7) is 0. The van der Waals surface area contributed by atoms with Gasteiger partial charge in [0.25, 0.3) is 0 Å². The third kappa shape index (κ3) is 4.10. The van der Waals surface area contributed by atoms with Crippen molar-refractivity contribution in [3.63, 3.8) is 0 Å². The lowest BCUT2D eigenvalue weighted by Gasteiger charge is -2.10. The van der Waals surface area contributed by atoms with Crippen LogP contribution in [0.3, 0.4) is 0 Å². The predicted molar refractivity (Wildman–Crippen MR) is 91.2 cm³/mol. The highest BCUT2D eigenvalue weighted by molar-refractivity contribution is 5.92. The first-order chi connectivity index (χ1) is 11.7. The summed E-state index contributed by atoms with van der Waals surface area (Å²) in [6.07, 6.45) is 3.23. The molecule has 5 heteroatoms. The Morgan fingerprint density at radius 1 is 1.04 bits per heavy atom. The Bertz CT molecular complexity index is 821. The summed E-state index contributed by atoms with van der Waals surface area (Å²) in [5, 5.41) is 12.7. The molecule has 3 aromatic rings. The van der Waals surface area contributed by atoms with E-state index in [-0.39, 0.29) is 18.1 Å². The summed E-state index contributed by atoms with van der Waals surface area (Å²) in [5.74, 6) is 1.06. The van der Waals surface area contributed by atoms with Gasteiger partial charge in [-0.1, -0.05) is 18.2 Å². The molecule has 0 saturated carbocycles. The number of aromatic nitrogens is 1. The molecule has 0 aliphatic heterocycles.